The van der Waals surface area contributed by atoms with E-state index in [1.165, 1.54) is 50.5 Å². The molecular formula is C19H27NO. The van der Waals surface area contributed by atoms with Crippen molar-refractivity contribution in [3.8, 4) is 0 Å². The molecule has 1 saturated carbocycles. The van der Waals surface area contributed by atoms with E-state index in [4.69, 9.17) is 0 Å². The number of benzene rings is 1. The molecule has 21 heavy (non-hydrogen) atoms. The number of rotatable bonds is 3. The maximum Gasteiger partial charge on any atom is 0.0819 e. The molecule has 2 heteroatoms. The molecule has 3 aliphatic rings. The lowest BCUT2D eigenvalue weighted by atomic mass is 9.79. The van der Waals surface area contributed by atoms with Gasteiger partial charge < -0.3 is 10.0 Å². The zero-order valence-corrected chi connectivity index (χ0v) is 13.0. The van der Waals surface area contributed by atoms with Gasteiger partial charge in [0, 0.05) is 12.1 Å². The molecule has 0 spiro atoms. The summed E-state index contributed by atoms with van der Waals surface area (Å²) >= 11 is 0. The minimum atomic E-state index is -0.266. The zero-order valence-electron chi connectivity index (χ0n) is 13.0. The van der Waals surface area contributed by atoms with Crippen molar-refractivity contribution in [1.29, 1.82) is 0 Å². The Morgan fingerprint density at radius 2 is 1.62 bits per heavy atom. The molecule has 1 aliphatic carbocycles. The first-order chi connectivity index (χ1) is 10.2. The number of nitrogens with zero attached hydrogens (tertiary/aromatic N) is 1. The van der Waals surface area contributed by atoms with Gasteiger partial charge >= 0.3 is 0 Å². The van der Waals surface area contributed by atoms with Gasteiger partial charge in [-0.25, -0.2) is 0 Å². The summed E-state index contributed by atoms with van der Waals surface area (Å²) in [4.78, 5) is 2.54. The summed E-state index contributed by atoms with van der Waals surface area (Å²) in [6, 6.07) is 10.3. The van der Waals surface area contributed by atoms with E-state index >= 15 is 0 Å². The fourth-order valence-electron chi connectivity index (χ4n) is 4.69. The average Bonchev–Trinajstić information content (AvgIpc) is 2.67. The van der Waals surface area contributed by atoms with Crippen molar-refractivity contribution in [1.82, 2.24) is 4.90 Å². The van der Waals surface area contributed by atoms with E-state index in [0.717, 1.165) is 11.5 Å². The van der Waals surface area contributed by atoms with Gasteiger partial charge in [0.2, 0.25) is 0 Å². The molecule has 4 rings (SSSR count). The number of fused-ring (bicyclic) bond motifs is 2. The van der Waals surface area contributed by atoms with Crippen molar-refractivity contribution in [2.45, 2.75) is 69.1 Å². The number of hydrogen-bond donors (Lipinski definition) is 1. The van der Waals surface area contributed by atoms with Crippen LogP contribution in [0.15, 0.2) is 24.3 Å². The lowest BCUT2D eigenvalue weighted by molar-refractivity contribution is 0.0356. The highest BCUT2D eigenvalue weighted by Crippen LogP contribution is 2.43. The van der Waals surface area contributed by atoms with E-state index in [-0.39, 0.29) is 6.10 Å². The fourth-order valence-corrected chi connectivity index (χ4v) is 4.69. The van der Waals surface area contributed by atoms with Gasteiger partial charge in [-0.15, -0.1) is 0 Å². The van der Waals surface area contributed by atoms with E-state index in [9.17, 15) is 5.11 Å². The summed E-state index contributed by atoms with van der Waals surface area (Å²) in [5, 5.41) is 10.8. The average molecular weight is 285 g/mol. The normalized spacial score (nSPS) is 34.7. The quantitative estimate of drug-likeness (QED) is 0.911. The molecule has 0 aromatic heterocycles. The molecule has 1 aromatic carbocycles. The summed E-state index contributed by atoms with van der Waals surface area (Å²) in [5.74, 6) is 1.24. The molecular weight excluding hydrogens is 258 g/mol. The van der Waals surface area contributed by atoms with Crippen molar-refractivity contribution in [3.63, 3.8) is 0 Å². The second kappa shape index (κ2) is 5.40. The third-order valence-electron chi connectivity index (χ3n) is 6.44. The van der Waals surface area contributed by atoms with Crippen molar-refractivity contribution >= 4 is 0 Å². The first-order valence-corrected chi connectivity index (χ1v) is 8.72. The third-order valence-corrected chi connectivity index (χ3v) is 6.44. The molecule has 2 aliphatic heterocycles. The first-order valence-electron chi connectivity index (χ1n) is 8.72. The summed E-state index contributed by atoms with van der Waals surface area (Å²) < 4.78 is 0. The molecule has 3 unspecified atom stereocenters. The van der Waals surface area contributed by atoms with E-state index in [1.54, 1.807) is 0 Å². The van der Waals surface area contributed by atoms with Crippen LogP contribution in [0.3, 0.4) is 0 Å². The van der Waals surface area contributed by atoms with Crippen molar-refractivity contribution in [2.24, 2.45) is 5.92 Å². The Morgan fingerprint density at radius 1 is 1.00 bits per heavy atom. The summed E-state index contributed by atoms with van der Waals surface area (Å²) in [6.45, 7) is 0. The Hall–Kier alpha value is -0.860. The minimum Gasteiger partial charge on any atom is -0.388 e. The highest BCUT2D eigenvalue weighted by atomic mass is 16.3. The highest BCUT2D eigenvalue weighted by molar-refractivity contribution is 5.28. The van der Waals surface area contributed by atoms with Crippen LogP contribution in [-0.2, 0) is 0 Å². The van der Waals surface area contributed by atoms with Gasteiger partial charge in [-0.3, -0.25) is 0 Å². The topological polar surface area (TPSA) is 23.5 Å². The Balaban J connectivity index is 1.46. The van der Waals surface area contributed by atoms with Crippen LogP contribution < -0.4 is 0 Å². The first kappa shape index (κ1) is 13.8. The molecule has 1 N–H and O–H groups in total. The number of aliphatic hydroxyl groups is 1. The summed E-state index contributed by atoms with van der Waals surface area (Å²) in [6.07, 6.45) is 8.79. The van der Waals surface area contributed by atoms with E-state index in [2.05, 4.69) is 36.2 Å². The SMILES string of the molecule is CN1C2CCC1CC(C(O)c1ccc(C3CCC3)cc1)C2. The maximum atomic E-state index is 10.8. The van der Waals surface area contributed by atoms with Gasteiger partial charge in [0.25, 0.3) is 0 Å². The second-order valence-corrected chi connectivity index (χ2v) is 7.52. The molecule has 3 atom stereocenters. The van der Waals surface area contributed by atoms with Gasteiger partial charge in [-0.05, 0) is 68.5 Å². The molecule has 114 valence electrons. The van der Waals surface area contributed by atoms with E-state index in [0.29, 0.717) is 18.0 Å². The molecule has 2 bridgehead atoms. The van der Waals surface area contributed by atoms with Crippen LogP contribution >= 0.6 is 0 Å². The molecule has 3 fully saturated rings. The third kappa shape index (κ3) is 2.43. The van der Waals surface area contributed by atoms with Gasteiger partial charge in [0.1, 0.15) is 0 Å². The van der Waals surface area contributed by atoms with Crippen LogP contribution in [0.1, 0.15) is 68.1 Å². The maximum absolute atomic E-state index is 10.8. The Kier molecular flexibility index (Phi) is 3.55. The van der Waals surface area contributed by atoms with Crippen molar-refractivity contribution in [3.05, 3.63) is 35.4 Å². The molecule has 0 amide bonds. The molecule has 2 nitrogen and oxygen atoms in total. The standard InChI is InChI=1S/C19H27NO/c1-20-17-9-10-18(20)12-16(11-17)19(21)15-7-5-14(6-8-15)13-3-2-4-13/h5-8,13,16-19,21H,2-4,9-12H2,1H3. The smallest absolute Gasteiger partial charge is 0.0819 e. The summed E-state index contributed by atoms with van der Waals surface area (Å²) in [7, 11) is 2.26. The molecule has 0 radical (unpaired) electrons. The number of aliphatic hydroxyl groups excluding tert-OH is 1. The van der Waals surface area contributed by atoms with Crippen LogP contribution in [0.5, 0.6) is 0 Å². The Bertz CT molecular complexity index is 479. The summed E-state index contributed by atoms with van der Waals surface area (Å²) in [5.41, 5.74) is 2.60. The predicted octanol–water partition coefficient (Wildman–Crippen LogP) is 3.86. The molecule has 2 heterocycles. The van der Waals surface area contributed by atoms with Gasteiger partial charge in [-0.1, -0.05) is 30.7 Å². The van der Waals surface area contributed by atoms with Gasteiger partial charge in [-0.2, -0.15) is 0 Å². The van der Waals surface area contributed by atoms with Crippen LogP contribution in [0.25, 0.3) is 0 Å². The fraction of sp³-hybridized carbons (Fsp3) is 0.684. The highest BCUT2D eigenvalue weighted by Gasteiger charge is 2.40. The van der Waals surface area contributed by atoms with Crippen LogP contribution in [0.2, 0.25) is 0 Å². The van der Waals surface area contributed by atoms with Crippen molar-refractivity contribution in [2.75, 3.05) is 7.05 Å². The molecule has 2 saturated heterocycles. The monoisotopic (exact) mass is 285 g/mol. The predicted molar refractivity (Wildman–Crippen MR) is 85.3 cm³/mol. The number of piperidine rings is 1. The zero-order chi connectivity index (χ0) is 14.4. The second-order valence-electron chi connectivity index (χ2n) is 7.52. The van der Waals surface area contributed by atoms with Gasteiger partial charge in [0.15, 0.2) is 0 Å². The van der Waals surface area contributed by atoms with E-state index < -0.39 is 0 Å². The molecule has 1 aromatic rings. The van der Waals surface area contributed by atoms with Crippen LogP contribution in [-0.4, -0.2) is 29.1 Å². The van der Waals surface area contributed by atoms with Crippen molar-refractivity contribution < 1.29 is 5.11 Å². The lowest BCUT2D eigenvalue weighted by Crippen LogP contribution is -2.41. The largest absolute Gasteiger partial charge is 0.388 e. The Morgan fingerprint density at radius 3 is 2.14 bits per heavy atom. The lowest BCUT2D eigenvalue weighted by Gasteiger charge is -2.38. The van der Waals surface area contributed by atoms with Crippen LogP contribution in [0.4, 0.5) is 0 Å². The van der Waals surface area contributed by atoms with Gasteiger partial charge in [0.05, 0.1) is 6.10 Å². The number of hydrogen-bond acceptors (Lipinski definition) is 2. The van der Waals surface area contributed by atoms with E-state index in [1.807, 2.05) is 0 Å². The van der Waals surface area contributed by atoms with Crippen LogP contribution in [0, 0.1) is 5.92 Å². The minimum absolute atomic E-state index is 0.266. The Labute approximate surface area is 128 Å².